The number of aliphatic hydroxyl groups excluding tert-OH is 1. The van der Waals surface area contributed by atoms with Gasteiger partial charge in [0.1, 0.15) is 0 Å². The number of nitrogens with one attached hydrogen (secondary N) is 1. The van der Waals surface area contributed by atoms with Crippen molar-refractivity contribution in [3.05, 3.63) is 35.4 Å². The molecule has 2 heterocycles. The minimum absolute atomic E-state index is 0.116. The molecule has 2 saturated heterocycles. The lowest BCUT2D eigenvalue weighted by Gasteiger charge is -2.29. The van der Waals surface area contributed by atoms with E-state index in [1.54, 1.807) is 0 Å². The molecule has 1 aromatic rings. The van der Waals surface area contributed by atoms with Gasteiger partial charge in [-0.1, -0.05) is 24.3 Å². The Hall–Kier alpha value is -1.67. The minimum Gasteiger partial charge on any atom is -0.393 e. The molecule has 28 heavy (non-hydrogen) atoms. The summed E-state index contributed by atoms with van der Waals surface area (Å²) in [5.74, 6) is 0.512. The molecule has 7 nitrogen and oxygen atoms in total. The molecule has 4 N–H and O–H groups in total. The zero-order chi connectivity index (χ0) is 19.6. The maximum Gasteiger partial charge on any atom is 0.188 e. The number of piperidine rings is 1. The summed E-state index contributed by atoms with van der Waals surface area (Å²) in [6, 6.07) is 8.59. The second kappa shape index (κ2) is 11.4. The summed E-state index contributed by atoms with van der Waals surface area (Å²) in [5.41, 5.74) is 8.45. The summed E-state index contributed by atoms with van der Waals surface area (Å²) < 4.78 is 5.36. The Labute approximate surface area is 168 Å². The van der Waals surface area contributed by atoms with E-state index in [2.05, 4.69) is 44.4 Å². The van der Waals surface area contributed by atoms with Gasteiger partial charge in [0.2, 0.25) is 0 Å². The summed E-state index contributed by atoms with van der Waals surface area (Å²) in [7, 11) is 0. The highest BCUT2D eigenvalue weighted by Crippen LogP contribution is 2.14. The van der Waals surface area contributed by atoms with E-state index in [1.807, 2.05) is 0 Å². The molecule has 0 spiro atoms. The maximum absolute atomic E-state index is 9.60. The molecule has 0 unspecified atom stereocenters. The first-order valence-corrected chi connectivity index (χ1v) is 10.5. The van der Waals surface area contributed by atoms with Crippen LogP contribution in [0.25, 0.3) is 0 Å². The lowest BCUT2D eigenvalue weighted by molar-refractivity contribution is 0.0376. The molecule has 2 fully saturated rings. The summed E-state index contributed by atoms with van der Waals surface area (Å²) >= 11 is 0. The summed E-state index contributed by atoms with van der Waals surface area (Å²) in [6.07, 6.45) is 2.70. The van der Waals surface area contributed by atoms with E-state index in [-0.39, 0.29) is 6.10 Å². The Bertz CT molecular complexity index is 593. The van der Waals surface area contributed by atoms with Gasteiger partial charge in [-0.3, -0.25) is 9.80 Å². The fourth-order valence-electron chi connectivity index (χ4n) is 3.66. The van der Waals surface area contributed by atoms with Gasteiger partial charge in [-0.2, -0.15) is 0 Å². The molecule has 2 aliphatic rings. The number of benzene rings is 1. The number of guanidine groups is 1. The summed E-state index contributed by atoms with van der Waals surface area (Å²) in [4.78, 5) is 9.27. The molecule has 7 heteroatoms. The molecule has 0 amide bonds. The van der Waals surface area contributed by atoms with Crippen molar-refractivity contribution in [2.75, 3.05) is 52.5 Å². The highest BCUT2D eigenvalue weighted by molar-refractivity contribution is 5.77. The molecule has 0 aromatic heterocycles. The van der Waals surface area contributed by atoms with Gasteiger partial charge < -0.3 is 20.9 Å². The molecule has 0 radical (unpaired) electrons. The molecular formula is C21H35N5O2. The van der Waals surface area contributed by atoms with Crippen molar-refractivity contribution >= 4 is 5.96 Å². The maximum atomic E-state index is 9.60. The van der Waals surface area contributed by atoms with Crippen LogP contribution in [0.3, 0.4) is 0 Å². The van der Waals surface area contributed by atoms with Gasteiger partial charge in [-0.25, -0.2) is 4.99 Å². The Morgan fingerprint density at radius 3 is 2.46 bits per heavy atom. The third-order valence-electron chi connectivity index (χ3n) is 5.48. The van der Waals surface area contributed by atoms with Crippen LogP contribution < -0.4 is 11.1 Å². The van der Waals surface area contributed by atoms with Crippen LogP contribution in [-0.2, 0) is 17.8 Å². The lowest BCUT2D eigenvalue weighted by atomic mass is 10.1. The topological polar surface area (TPSA) is 86.3 Å². The van der Waals surface area contributed by atoms with E-state index in [9.17, 15) is 5.11 Å². The van der Waals surface area contributed by atoms with Gasteiger partial charge >= 0.3 is 0 Å². The standard InChI is InChI=1S/C21H35N5O2/c22-21(23-8-1-9-25-12-14-28-15-13-25)24-16-18-2-4-19(5-3-18)17-26-10-6-20(27)7-11-26/h2-5,20,27H,1,6-17H2,(H3,22,23,24). The normalized spacial score (nSPS) is 20.4. The van der Waals surface area contributed by atoms with Gasteiger partial charge in [-0.15, -0.1) is 0 Å². The summed E-state index contributed by atoms with van der Waals surface area (Å²) in [6.45, 7) is 9.15. The van der Waals surface area contributed by atoms with Gasteiger partial charge in [0.25, 0.3) is 0 Å². The van der Waals surface area contributed by atoms with Gasteiger partial charge in [-0.05, 0) is 36.9 Å². The van der Waals surface area contributed by atoms with Crippen LogP contribution in [0.1, 0.15) is 30.4 Å². The number of aliphatic imine (C=N–C) groups is 1. The van der Waals surface area contributed by atoms with Gasteiger partial charge in [0, 0.05) is 39.3 Å². The van der Waals surface area contributed by atoms with Crippen LogP contribution in [0.5, 0.6) is 0 Å². The molecule has 0 bridgehead atoms. The van der Waals surface area contributed by atoms with Crippen LogP contribution >= 0.6 is 0 Å². The van der Waals surface area contributed by atoms with E-state index in [0.29, 0.717) is 12.5 Å². The van der Waals surface area contributed by atoms with E-state index >= 15 is 0 Å². The quantitative estimate of drug-likeness (QED) is 0.346. The molecule has 0 aliphatic carbocycles. The highest BCUT2D eigenvalue weighted by atomic mass is 16.5. The smallest absolute Gasteiger partial charge is 0.188 e. The fourth-order valence-corrected chi connectivity index (χ4v) is 3.66. The molecule has 2 aliphatic heterocycles. The zero-order valence-electron chi connectivity index (χ0n) is 16.9. The third-order valence-corrected chi connectivity index (χ3v) is 5.48. The number of likely N-dealkylation sites (tertiary alicyclic amines) is 1. The van der Waals surface area contributed by atoms with Crippen molar-refractivity contribution in [3.63, 3.8) is 0 Å². The summed E-state index contributed by atoms with van der Waals surface area (Å²) in [5, 5.41) is 12.8. The van der Waals surface area contributed by atoms with Crippen LogP contribution in [0.2, 0.25) is 0 Å². The molecule has 1 aromatic carbocycles. The minimum atomic E-state index is -0.116. The Kier molecular flexibility index (Phi) is 8.54. The second-order valence-corrected chi connectivity index (χ2v) is 7.76. The number of rotatable bonds is 8. The first-order valence-electron chi connectivity index (χ1n) is 10.5. The van der Waals surface area contributed by atoms with Crippen molar-refractivity contribution < 1.29 is 9.84 Å². The molecular weight excluding hydrogens is 354 g/mol. The zero-order valence-corrected chi connectivity index (χ0v) is 16.9. The van der Waals surface area contributed by atoms with E-state index in [0.717, 1.165) is 83.9 Å². The first-order chi connectivity index (χ1) is 13.7. The van der Waals surface area contributed by atoms with Crippen molar-refractivity contribution in [2.24, 2.45) is 10.7 Å². The van der Waals surface area contributed by atoms with Crippen molar-refractivity contribution in [2.45, 2.75) is 38.5 Å². The number of hydrogen-bond donors (Lipinski definition) is 3. The van der Waals surface area contributed by atoms with Crippen LogP contribution in [-0.4, -0.2) is 79.5 Å². The first kappa shape index (κ1) is 21.0. The fraction of sp³-hybridized carbons (Fsp3) is 0.667. The molecule has 0 atom stereocenters. The van der Waals surface area contributed by atoms with Crippen molar-refractivity contribution in [3.8, 4) is 0 Å². The Balaban J connectivity index is 1.32. The van der Waals surface area contributed by atoms with Crippen LogP contribution in [0, 0.1) is 0 Å². The van der Waals surface area contributed by atoms with Crippen LogP contribution in [0.15, 0.2) is 29.3 Å². The van der Waals surface area contributed by atoms with Crippen LogP contribution in [0.4, 0.5) is 0 Å². The third kappa shape index (κ3) is 7.39. The number of nitrogens with zero attached hydrogens (tertiary/aromatic N) is 3. The number of morpholine rings is 1. The molecule has 0 saturated carbocycles. The number of aliphatic hydroxyl groups is 1. The van der Waals surface area contributed by atoms with Gasteiger partial charge in [0.05, 0.1) is 25.9 Å². The predicted octanol–water partition coefficient (Wildman–Crippen LogP) is 0.770. The van der Waals surface area contributed by atoms with Crippen molar-refractivity contribution in [1.82, 2.24) is 15.1 Å². The monoisotopic (exact) mass is 389 g/mol. The van der Waals surface area contributed by atoms with Crippen molar-refractivity contribution in [1.29, 1.82) is 0 Å². The molecule has 156 valence electrons. The lowest BCUT2D eigenvalue weighted by Crippen LogP contribution is -2.39. The van der Waals surface area contributed by atoms with E-state index < -0.39 is 0 Å². The predicted molar refractivity (Wildman–Crippen MR) is 112 cm³/mol. The number of nitrogens with two attached hydrogens (primary N) is 1. The molecule has 3 rings (SSSR count). The number of ether oxygens (including phenoxy) is 1. The average Bonchev–Trinajstić information content (AvgIpc) is 2.73. The number of hydrogen-bond acceptors (Lipinski definition) is 5. The second-order valence-electron chi connectivity index (χ2n) is 7.76. The van der Waals surface area contributed by atoms with E-state index in [1.165, 1.54) is 5.56 Å². The average molecular weight is 390 g/mol. The highest BCUT2D eigenvalue weighted by Gasteiger charge is 2.16. The van der Waals surface area contributed by atoms with E-state index in [4.69, 9.17) is 10.5 Å². The van der Waals surface area contributed by atoms with Gasteiger partial charge in [0.15, 0.2) is 5.96 Å². The Morgan fingerprint density at radius 1 is 1.07 bits per heavy atom. The SMILES string of the molecule is NC(=NCc1ccc(CN2CCC(O)CC2)cc1)NCCCN1CCOCC1. The Morgan fingerprint density at radius 2 is 1.75 bits per heavy atom. The largest absolute Gasteiger partial charge is 0.393 e.